The van der Waals surface area contributed by atoms with Crippen molar-refractivity contribution in [3.05, 3.63) is 30.2 Å². The number of hydrogen-bond donors (Lipinski definition) is 1. The van der Waals surface area contributed by atoms with Gasteiger partial charge in [-0.05, 0) is 36.8 Å². The second-order valence-corrected chi connectivity index (χ2v) is 7.42. The highest BCUT2D eigenvalue weighted by molar-refractivity contribution is 7.77. The van der Waals surface area contributed by atoms with Crippen molar-refractivity contribution in [2.45, 2.75) is 19.9 Å². The summed E-state index contributed by atoms with van der Waals surface area (Å²) < 4.78 is 4.15. The number of amides is 1. The number of thiol groups is 1. The summed E-state index contributed by atoms with van der Waals surface area (Å²) in [7, 11) is 0. The zero-order valence-corrected chi connectivity index (χ0v) is 14.2. The van der Waals surface area contributed by atoms with Crippen LogP contribution in [0.25, 0.3) is 10.9 Å². The predicted molar refractivity (Wildman–Crippen MR) is 93.2 cm³/mol. The third kappa shape index (κ3) is 2.74. The van der Waals surface area contributed by atoms with Crippen molar-refractivity contribution < 1.29 is 4.79 Å². The van der Waals surface area contributed by atoms with E-state index >= 15 is 0 Å². The van der Waals surface area contributed by atoms with Gasteiger partial charge in [0.2, 0.25) is 5.91 Å². The normalized spacial score (nSPS) is 25.0. The van der Waals surface area contributed by atoms with Crippen LogP contribution in [0.2, 0.25) is 0 Å². The molecular weight excluding hydrogens is 308 g/mol. The van der Waals surface area contributed by atoms with E-state index < -0.39 is 0 Å². The summed E-state index contributed by atoms with van der Waals surface area (Å²) in [6.07, 6.45) is 6.82. The summed E-state index contributed by atoms with van der Waals surface area (Å²) in [5.41, 5.74) is 2.25. The highest BCUT2D eigenvalue weighted by Gasteiger charge is 2.37. The standard InChI is InChI=1S/C17H22N4OS/c1-12-7-20(16-2-4-18-6-15(12)16)11-17(22)19-5-3-13-9-21(23)10-14(13)8-19/h2,4,6-7,13-14,23H,3,5,8-11H2,1H3. The smallest absolute Gasteiger partial charge is 0.242 e. The first-order valence-corrected chi connectivity index (χ1v) is 8.63. The van der Waals surface area contributed by atoms with E-state index in [0.717, 1.165) is 43.5 Å². The minimum atomic E-state index is 0.217. The maximum atomic E-state index is 12.7. The highest BCUT2D eigenvalue weighted by atomic mass is 32.1. The van der Waals surface area contributed by atoms with Crippen LogP contribution in [0.1, 0.15) is 12.0 Å². The summed E-state index contributed by atoms with van der Waals surface area (Å²) in [5, 5.41) is 1.13. The van der Waals surface area contributed by atoms with Gasteiger partial charge in [0.25, 0.3) is 0 Å². The van der Waals surface area contributed by atoms with E-state index in [4.69, 9.17) is 0 Å². The van der Waals surface area contributed by atoms with Crippen molar-refractivity contribution in [1.82, 2.24) is 18.8 Å². The van der Waals surface area contributed by atoms with Gasteiger partial charge in [-0.15, -0.1) is 0 Å². The fourth-order valence-electron chi connectivity index (χ4n) is 4.06. The van der Waals surface area contributed by atoms with Crippen LogP contribution >= 0.6 is 12.8 Å². The van der Waals surface area contributed by atoms with E-state index in [1.165, 1.54) is 5.56 Å². The lowest BCUT2D eigenvalue weighted by Crippen LogP contribution is -2.44. The van der Waals surface area contributed by atoms with E-state index in [9.17, 15) is 4.79 Å². The Morgan fingerprint density at radius 2 is 2.17 bits per heavy atom. The lowest BCUT2D eigenvalue weighted by molar-refractivity contribution is -0.134. The zero-order valence-electron chi connectivity index (χ0n) is 13.4. The molecule has 0 bridgehead atoms. The van der Waals surface area contributed by atoms with Gasteiger partial charge in [0.1, 0.15) is 6.54 Å². The SMILES string of the molecule is Cc1cn(CC(=O)N2CCC3CN(S)CC3C2)c2ccncc12. The molecule has 5 nitrogen and oxygen atoms in total. The molecule has 122 valence electrons. The van der Waals surface area contributed by atoms with Crippen LogP contribution in [0.4, 0.5) is 0 Å². The van der Waals surface area contributed by atoms with E-state index in [2.05, 4.69) is 39.8 Å². The van der Waals surface area contributed by atoms with Gasteiger partial charge >= 0.3 is 0 Å². The van der Waals surface area contributed by atoms with E-state index in [1.807, 2.05) is 17.2 Å². The second kappa shape index (κ2) is 5.83. The molecule has 0 N–H and O–H groups in total. The van der Waals surface area contributed by atoms with E-state index in [-0.39, 0.29) is 5.91 Å². The average molecular weight is 330 g/mol. The first kappa shape index (κ1) is 15.0. The van der Waals surface area contributed by atoms with Crippen molar-refractivity contribution in [2.24, 2.45) is 11.8 Å². The van der Waals surface area contributed by atoms with Crippen molar-refractivity contribution in [3.8, 4) is 0 Å². The summed E-state index contributed by atoms with van der Waals surface area (Å²) in [4.78, 5) is 19.0. The van der Waals surface area contributed by atoms with Crippen LogP contribution in [-0.2, 0) is 11.3 Å². The molecule has 2 aromatic heterocycles. The van der Waals surface area contributed by atoms with Crippen LogP contribution in [0, 0.1) is 18.8 Å². The molecule has 2 aliphatic heterocycles. The summed E-state index contributed by atoms with van der Waals surface area (Å²) in [5.74, 6) is 1.50. The minimum Gasteiger partial charge on any atom is -0.341 e. The molecule has 23 heavy (non-hydrogen) atoms. The monoisotopic (exact) mass is 330 g/mol. The number of likely N-dealkylation sites (tertiary alicyclic amines) is 1. The Labute approximate surface area is 141 Å². The molecule has 0 aliphatic carbocycles. The van der Waals surface area contributed by atoms with Gasteiger partial charge in [-0.25, -0.2) is 0 Å². The maximum absolute atomic E-state index is 12.7. The Morgan fingerprint density at radius 1 is 1.35 bits per heavy atom. The minimum absolute atomic E-state index is 0.217. The number of hydrogen-bond acceptors (Lipinski definition) is 4. The first-order valence-electron chi connectivity index (χ1n) is 8.23. The van der Waals surface area contributed by atoms with Crippen molar-refractivity contribution in [1.29, 1.82) is 0 Å². The van der Waals surface area contributed by atoms with Gasteiger partial charge in [-0.2, -0.15) is 0 Å². The lowest BCUT2D eigenvalue weighted by atomic mass is 9.89. The molecule has 0 spiro atoms. The molecule has 2 unspecified atom stereocenters. The molecule has 2 atom stereocenters. The topological polar surface area (TPSA) is 41.4 Å². The number of rotatable bonds is 2. The van der Waals surface area contributed by atoms with Gasteiger partial charge < -0.3 is 9.47 Å². The molecule has 1 amide bonds. The number of aromatic nitrogens is 2. The molecular formula is C17H22N4OS. The number of piperidine rings is 1. The quantitative estimate of drug-likeness (QED) is 0.856. The molecule has 6 heteroatoms. The van der Waals surface area contributed by atoms with Gasteiger partial charge in [0.05, 0.1) is 5.52 Å². The fourth-order valence-corrected chi connectivity index (χ4v) is 4.48. The molecule has 2 aliphatic rings. The van der Waals surface area contributed by atoms with Gasteiger partial charge in [-0.1, -0.05) is 12.8 Å². The third-order valence-electron chi connectivity index (χ3n) is 5.32. The van der Waals surface area contributed by atoms with Crippen molar-refractivity contribution >= 4 is 29.6 Å². The molecule has 2 aromatic rings. The van der Waals surface area contributed by atoms with Gasteiger partial charge in [0, 0.05) is 50.2 Å². The van der Waals surface area contributed by atoms with Crippen LogP contribution in [0.3, 0.4) is 0 Å². The van der Waals surface area contributed by atoms with Crippen molar-refractivity contribution in [2.75, 3.05) is 26.2 Å². The fraction of sp³-hybridized carbons (Fsp3) is 0.529. The number of carbonyl (C=O) groups excluding carboxylic acids is 1. The lowest BCUT2D eigenvalue weighted by Gasteiger charge is -2.34. The average Bonchev–Trinajstić information content (AvgIpc) is 3.06. The van der Waals surface area contributed by atoms with Gasteiger partial charge in [0.15, 0.2) is 0 Å². The van der Waals surface area contributed by atoms with Crippen molar-refractivity contribution in [3.63, 3.8) is 0 Å². The van der Waals surface area contributed by atoms with Crippen LogP contribution in [0.5, 0.6) is 0 Å². The molecule has 0 radical (unpaired) electrons. The van der Waals surface area contributed by atoms with E-state index in [0.29, 0.717) is 18.4 Å². The molecule has 4 rings (SSSR count). The molecule has 0 aromatic carbocycles. The Bertz CT molecular complexity index is 743. The zero-order chi connectivity index (χ0) is 16.0. The molecule has 2 saturated heterocycles. The Hall–Kier alpha value is -1.53. The third-order valence-corrected chi connectivity index (χ3v) is 5.65. The first-order chi connectivity index (χ1) is 11.1. The molecule has 2 fully saturated rings. The highest BCUT2D eigenvalue weighted by Crippen LogP contribution is 2.32. The Morgan fingerprint density at radius 3 is 3.04 bits per heavy atom. The van der Waals surface area contributed by atoms with E-state index in [1.54, 1.807) is 6.20 Å². The number of nitrogens with zero attached hydrogens (tertiary/aromatic N) is 4. The molecule has 4 heterocycles. The number of fused-ring (bicyclic) bond motifs is 2. The van der Waals surface area contributed by atoms with Crippen LogP contribution in [0.15, 0.2) is 24.7 Å². The number of pyridine rings is 1. The number of aryl methyl sites for hydroxylation is 1. The second-order valence-electron chi connectivity index (χ2n) is 6.85. The molecule has 0 saturated carbocycles. The maximum Gasteiger partial charge on any atom is 0.242 e. The predicted octanol–water partition coefficient (Wildman–Crippen LogP) is 1.97. The summed E-state index contributed by atoms with van der Waals surface area (Å²) in [6.45, 7) is 6.29. The largest absolute Gasteiger partial charge is 0.341 e. The number of carbonyl (C=O) groups is 1. The Kier molecular flexibility index (Phi) is 3.81. The summed E-state index contributed by atoms with van der Waals surface area (Å²) in [6, 6.07) is 1.98. The Balaban J connectivity index is 1.49. The van der Waals surface area contributed by atoms with Crippen LogP contribution in [-0.4, -0.2) is 50.8 Å². The summed E-state index contributed by atoms with van der Waals surface area (Å²) >= 11 is 4.47. The van der Waals surface area contributed by atoms with Gasteiger partial charge in [-0.3, -0.25) is 14.1 Å². The van der Waals surface area contributed by atoms with Crippen LogP contribution < -0.4 is 0 Å².